The van der Waals surface area contributed by atoms with E-state index in [0.29, 0.717) is 11.3 Å². The minimum absolute atomic E-state index is 0.278. The van der Waals surface area contributed by atoms with E-state index < -0.39 is 11.5 Å². The average Bonchev–Trinajstić information content (AvgIpc) is 2.58. The molecule has 0 N–H and O–H groups in total. The largest absolute Gasteiger partial charge is 0.545 e. The number of hydrogen-bond donors (Lipinski definition) is 0. The minimum atomic E-state index is -1.51. The van der Waals surface area contributed by atoms with Crippen LogP contribution >= 0.6 is 0 Å². The molecule has 0 radical (unpaired) electrons. The third kappa shape index (κ3) is 2.64. The normalized spacial score (nSPS) is 10.5. The maximum absolute atomic E-state index is 12.3. The number of carbonyl (C=O) groups is 1. The molecule has 3 aromatic rings. The van der Waals surface area contributed by atoms with E-state index in [2.05, 4.69) is 5.10 Å². The zero-order chi connectivity index (χ0) is 16.4. The van der Waals surface area contributed by atoms with Crippen molar-refractivity contribution in [2.45, 2.75) is 0 Å². The van der Waals surface area contributed by atoms with E-state index in [4.69, 9.17) is 0 Å². The van der Waals surface area contributed by atoms with E-state index in [1.807, 2.05) is 36.4 Å². The van der Waals surface area contributed by atoms with Crippen molar-refractivity contribution in [1.29, 1.82) is 0 Å². The standard InChI is InChI=1S/C18H14N2O3/c1-20-17(21)15(18(22)23)14(12-8-4-2-5-9-12)16(19-20)13-10-6-3-7-11-13/h2-11H,1H3,(H,22,23)/p-1. The molecule has 0 fully saturated rings. The lowest BCUT2D eigenvalue weighted by molar-refractivity contribution is -0.255. The highest BCUT2D eigenvalue weighted by atomic mass is 16.4. The number of carboxylic acids is 1. The molecule has 114 valence electrons. The Morgan fingerprint density at radius 3 is 2.00 bits per heavy atom. The van der Waals surface area contributed by atoms with Gasteiger partial charge in [-0.25, -0.2) is 4.68 Å². The molecule has 2 aromatic carbocycles. The van der Waals surface area contributed by atoms with Gasteiger partial charge in [0.2, 0.25) is 0 Å². The van der Waals surface area contributed by atoms with Crippen LogP contribution in [0.5, 0.6) is 0 Å². The molecule has 0 bridgehead atoms. The molecule has 0 aliphatic rings. The molecule has 1 aromatic heterocycles. The van der Waals surface area contributed by atoms with Gasteiger partial charge in [0.1, 0.15) is 0 Å². The lowest BCUT2D eigenvalue weighted by Crippen LogP contribution is -2.35. The molecule has 1 heterocycles. The summed E-state index contributed by atoms with van der Waals surface area (Å²) in [5.41, 5.74) is 0.967. The van der Waals surface area contributed by atoms with Crippen molar-refractivity contribution in [3.8, 4) is 22.4 Å². The molecule has 0 aliphatic heterocycles. The van der Waals surface area contributed by atoms with Crippen LogP contribution in [0.15, 0.2) is 65.5 Å². The van der Waals surface area contributed by atoms with Crippen LogP contribution in [0.3, 0.4) is 0 Å². The smallest absolute Gasteiger partial charge is 0.276 e. The highest BCUT2D eigenvalue weighted by Crippen LogP contribution is 2.31. The third-order valence-corrected chi connectivity index (χ3v) is 3.56. The summed E-state index contributed by atoms with van der Waals surface area (Å²) in [5.74, 6) is -1.51. The van der Waals surface area contributed by atoms with Crippen LogP contribution in [0.25, 0.3) is 22.4 Å². The van der Waals surface area contributed by atoms with Gasteiger partial charge in [0.05, 0.1) is 17.2 Å². The van der Waals surface area contributed by atoms with Crippen LogP contribution in [0.1, 0.15) is 10.4 Å². The van der Waals surface area contributed by atoms with Gasteiger partial charge in [0, 0.05) is 18.2 Å². The van der Waals surface area contributed by atoms with E-state index >= 15 is 0 Å². The fourth-order valence-electron chi connectivity index (χ4n) is 2.51. The first-order valence-corrected chi connectivity index (χ1v) is 7.03. The summed E-state index contributed by atoms with van der Waals surface area (Å²) in [5, 5.41) is 15.9. The molecule has 23 heavy (non-hydrogen) atoms. The predicted octanol–water partition coefficient (Wildman–Crippen LogP) is 1.48. The Balaban J connectivity index is 2.45. The van der Waals surface area contributed by atoms with Crippen molar-refractivity contribution in [2.24, 2.45) is 7.05 Å². The van der Waals surface area contributed by atoms with Crippen molar-refractivity contribution in [3.63, 3.8) is 0 Å². The van der Waals surface area contributed by atoms with Crippen molar-refractivity contribution in [1.82, 2.24) is 9.78 Å². The Labute approximate surface area is 132 Å². The molecule has 0 amide bonds. The van der Waals surface area contributed by atoms with Gasteiger partial charge in [-0.15, -0.1) is 0 Å². The van der Waals surface area contributed by atoms with Gasteiger partial charge in [0.15, 0.2) is 0 Å². The number of rotatable bonds is 3. The number of aromatic carboxylic acids is 1. The molecule has 5 heteroatoms. The lowest BCUT2D eigenvalue weighted by atomic mass is 9.95. The first kappa shape index (κ1) is 14.7. The maximum Gasteiger partial charge on any atom is 0.276 e. The van der Waals surface area contributed by atoms with Crippen molar-refractivity contribution in [3.05, 3.63) is 76.6 Å². The van der Waals surface area contributed by atoms with E-state index in [9.17, 15) is 14.7 Å². The predicted molar refractivity (Wildman–Crippen MR) is 84.7 cm³/mol. The average molecular weight is 305 g/mol. The molecule has 5 nitrogen and oxygen atoms in total. The van der Waals surface area contributed by atoms with Gasteiger partial charge in [0.25, 0.3) is 5.56 Å². The number of carboxylic acid groups (broad SMARTS) is 1. The maximum atomic E-state index is 12.3. The Morgan fingerprint density at radius 2 is 1.48 bits per heavy atom. The van der Waals surface area contributed by atoms with E-state index in [1.165, 1.54) is 7.05 Å². The number of aromatic nitrogens is 2. The van der Waals surface area contributed by atoms with E-state index in [1.54, 1.807) is 24.3 Å². The first-order chi connectivity index (χ1) is 11.1. The Kier molecular flexibility index (Phi) is 3.76. The van der Waals surface area contributed by atoms with Crippen molar-refractivity contribution in [2.75, 3.05) is 0 Å². The van der Waals surface area contributed by atoms with Crippen LogP contribution in [0.4, 0.5) is 0 Å². The van der Waals surface area contributed by atoms with Gasteiger partial charge in [-0.3, -0.25) is 4.79 Å². The zero-order valence-corrected chi connectivity index (χ0v) is 12.4. The third-order valence-electron chi connectivity index (χ3n) is 3.56. The number of hydrogen-bond acceptors (Lipinski definition) is 4. The van der Waals surface area contributed by atoms with Crippen LogP contribution in [-0.4, -0.2) is 15.7 Å². The second-order valence-corrected chi connectivity index (χ2v) is 5.05. The molecule has 3 rings (SSSR count). The summed E-state index contributed by atoms with van der Waals surface area (Å²) >= 11 is 0. The Morgan fingerprint density at radius 1 is 0.957 bits per heavy atom. The molecule has 0 aliphatic carbocycles. The molecular weight excluding hydrogens is 292 g/mol. The first-order valence-electron chi connectivity index (χ1n) is 7.03. The van der Waals surface area contributed by atoms with Gasteiger partial charge in [-0.1, -0.05) is 60.7 Å². The van der Waals surface area contributed by atoms with Gasteiger partial charge in [-0.2, -0.15) is 5.10 Å². The monoisotopic (exact) mass is 305 g/mol. The van der Waals surface area contributed by atoms with Crippen LogP contribution in [-0.2, 0) is 7.05 Å². The van der Waals surface area contributed by atoms with Gasteiger partial charge < -0.3 is 9.90 Å². The SMILES string of the molecule is Cn1nc(-c2ccccc2)c(-c2ccccc2)c(C(=O)[O-])c1=O. The van der Waals surface area contributed by atoms with Crippen molar-refractivity contribution < 1.29 is 9.90 Å². The molecule has 0 atom stereocenters. The fraction of sp³-hybridized carbons (Fsp3) is 0.0556. The lowest BCUT2D eigenvalue weighted by Gasteiger charge is -2.16. The topological polar surface area (TPSA) is 75.0 Å². The van der Waals surface area contributed by atoms with Crippen LogP contribution in [0, 0.1) is 0 Å². The summed E-state index contributed by atoms with van der Waals surface area (Å²) in [4.78, 5) is 23.9. The number of aryl methyl sites for hydroxylation is 1. The quantitative estimate of drug-likeness (QED) is 0.734. The van der Waals surface area contributed by atoms with E-state index in [-0.39, 0.29) is 11.1 Å². The van der Waals surface area contributed by atoms with Crippen LogP contribution < -0.4 is 10.7 Å². The van der Waals surface area contributed by atoms with Crippen LogP contribution in [0.2, 0.25) is 0 Å². The number of carbonyl (C=O) groups excluding carboxylic acids is 1. The van der Waals surface area contributed by atoms with Crippen molar-refractivity contribution >= 4 is 5.97 Å². The number of nitrogens with zero attached hydrogens (tertiary/aromatic N) is 2. The summed E-state index contributed by atoms with van der Waals surface area (Å²) in [6, 6.07) is 18.0. The molecule has 0 saturated heterocycles. The zero-order valence-electron chi connectivity index (χ0n) is 12.4. The molecule has 0 spiro atoms. The van der Waals surface area contributed by atoms with E-state index in [0.717, 1.165) is 10.2 Å². The minimum Gasteiger partial charge on any atom is -0.545 e. The molecular formula is C18H13N2O3-. The summed E-state index contributed by atoms with van der Waals surface area (Å²) in [6.45, 7) is 0. The molecule has 0 unspecified atom stereocenters. The Bertz CT molecular complexity index is 916. The summed E-state index contributed by atoms with van der Waals surface area (Å²) in [7, 11) is 1.43. The molecule has 0 saturated carbocycles. The fourth-order valence-corrected chi connectivity index (χ4v) is 2.51. The second-order valence-electron chi connectivity index (χ2n) is 5.05. The van der Waals surface area contributed by atoms with Gasteiger partial charge in [-0.05, 0) is 5.56 Å². The number of benzene rings is 2. The second kappa shape index (κ2) is 5.88. The summed E-state index contributed by atoms with van der Waals surface area (Å²) in [6.07, 6.45) is 0. The Hall–Kier alpha value is -3.21. The highest BCUT2D eigenvalue weighted by Gasteiger charge is 2.19. The summed E-state index contributed by atoms with van der Waals surface area (Å²) < 4.78 is 1.03. The van der Waals surface area contributed by atoms with Gasteiger partial charge >= 0.3 is 0 Å². The highest BCUT2D eigenvalue weighted by molar-refractivity contribution is 5.98.